The lowest BCUT2D eigenvalue weighted by Crippen LogP contribution is -2.57. The predicted molar refractivity (Wildman–Crippen MR) is 174 cm³/mol. The van der Waals surface area contributed by atoms with Gasteiger partial charge >= 0.3 is 12.1 Å². The Hall–Kier alpha value is -4.52. The summed E-state index contributed by atoms with van der Waals surface area (Å²) in [6.45, 7) is 2.22. The summed E-state index contributed by atoms with van der Waals surface area (Å²) in [6.07, 6.45) is 1.76. The first-order valence-electron chi connectivity index (χ1n) is 16.7. The van der Waals surface area contributed by atoms with Crippen molar-refractivity contribution in [2.24, 2.45) is 5.92 Å². The molecule has 0 saturated carbocycles. The van der Waals surface area contributed by atoms with Crippen LogP contribution >= 0.6 is 0 Å². The van der Waals surface area contributed by atoms with E-state index in [0.29, 0.717) is 0 Å². The number of aliphatic hydroxyl groups is 1. The molecule has 2 fully saturated rings. The average Bonchev–Trinajstić information content (AvgIpc) is 3.83. The molecule has 15 nitrogen and oxygen atoms in total. The summed E-state index contributed by atoms with van der Waals surface area (Å²) in [4.78, 5) is 59.1. The highest BCUT2D eigenvalue weighted by Crippen LogP contribution is 2.39. The van der Waals surface area contributed by atoms with Crippen molar-refractivity contribution >= 4 is 23.9 Å². The van der Waals surface area contributed by atoms with Gasteiger partial charge < -0.3 is 45.2 Å². The number of aromatic amines is 1. The molecule has 3 aliphatic heterocycles. The second-order valence-electron chi connectivity index (χ2n) is 12.7. The number of alkyl carbamates (subject to hydrolysis) is 1. The number of alkyl halides is 1. The SMILES string of the molecule is C[C@@H](COC(=O)NCCOCCN1C(=O)C=CC1=O)NC(=O)N(C[C@@H]1CNC[C@@H]1F)[C@@H](c1ncc(-c2cc(F)ccc2F)[nH]1)C1(O)CCOCC1. The van der Waals surface area contributed by atoms with Crippen LogP contribution in [0.15, 0.2) is 36.5 Å². The molecule has 0 aliphatic carbocycles. The summed E-state index contributed by atoms with van der Waals surface area (Å²) in [7, 11) is 0. The molecular formula is C33H42F3N7O8. The van der Waals surface area contributed by atoms with Crippen molar-refractivity contribution < 1.29 is 51.7 Å². The van der Waals surface area contributed by atoms with Crippen LogP contribution in [0, 0.1) is 17.6 Å². The molecular weight excluding hydrogens is 679 g/mol. The third-order valence-corrected chi connectivity index (χ3v) is 8.91. The number of rotatable bonds is 15. The smallest absolute Gasteiger partial charge is 0.407 e. The largest absolute Gasteiger partial charge is 0.447 e. The van der Waals surface area contributed by atoms with Gasteiger partial charge in [0.25, 0.3) is 11.8 Å². The van der Waals surface area contributed by atoms with Crippen LogP contribution in [0.5, 0.6) is 0 Å². The normalized spacial score (nSPS) is 21.1. The number of ether oxygens (including phenoxy) is 3. The van der Waals surface area contributed by atoms with Gasteiger partial charge in [-0.05, 0) is 25.1 Å². The maximum absolute atomic E-state index is 15.0. The number of imide groups is 1. The number of hydrogen-bond acceptors (Lipinski definition) is 10. The van der Waals surface area contributed by atoms with Gasteiger partial charge in [-0.15, -0.1) is 0 Å². The number of carbonyl (C=O) groups excluding carboxylic acids is 4. The van der Waals surface area contributed by atoms with E-state index in [1.54, 1.807) is 6.92 Å². The maximum atomic E-state index is 15.0. The average molecular weight is 722 g/mol. The first-order chi connectivity index (χ1) is 24.4. The molecule has 5 amide bonds. The first kappa shape index (κ1) is 37.7. The van der Waals surface area contributed by atoms with Gasteiger partial charge in [0.15, 0.2) is 0 Å². The Morgan fingerprint density at radius 2 is 1.92 bits per heavy atom. The number of H-pyrrole nitrogens is 1. The number of imidazole rings is 1. The highest BCUT2D eigenvalue weighted by molar-refractivity contribution is 6.12. The van der Waals surface area contributed by atoms with E-state index in [1.165, 1.54) is 23.2 Å². The lowest BCUT2D eigenvalue weighted by atomic mass is 9.84. The van der Waals surface area contributed by atoms with Crippen molar-refractivity contribution in [1.29, 1.82) is 0 Å². The van der Waals surface area contributed by atoms with Gasteiger partial charge in [0.2, 0.25) is 0 Å². The number of halogens is 3. The van der Waals surface area contributed by atoms with E-state index in [4.69, 9.17) is 14.2 Å². The van der Waals surface area contributed by atoms with Crippen LogP contribution in [0.2, 0.25) is 0 Å². The zero-order chi connectivity index (χ0) is 36.5. The quantitative estimate of drug-likeness (QED) is 0.134. The summed E-state index contributed by atoms with van der Waals surface area (Å²) in [6, 6.07) is 0.319. The Bertz CT molecular complexity index is 1570. The lowest BCUT2D eigenvalue weighted by molar-refractivity contribution is -0.137. The van der Waals surface area contributed by atoms with Crippen LogP contribution in [0.4, 0.5) is 22.8 Å². The summed E-state index contributed by atoms with van der Waals surface area (Å²) in [5, 5.41) is 20.2. The van der Waals surface area contributed by atoms with Gasteiger partial charge in [0.05, 0.1) is 43.3 Å². The number of aromatic nitrogens is 2. The van der Waals surface area contributed by atoms with Crippen molar-refractivity contribution in [3.63, 3.8) is 0 Å². The number of urea groups is 1. The highest BCUT2D eigenvalue weighted by atomic mass is 19.1. The van der Waals surface area contributed by atoms with Crippen molar-refractivity contribution in [2.75, 3.05) is 65.8 Å². The molecule has 51 heavy (non-hydrogen) atoms. The maximum Gasteiger partial charge on any atom is 0.407 e. The monoisotopic (exact) mass is 721 g/mol. The van der Waals surface area contributed by atoms with Crippen LogP contribution in [-0.2, 0) is 23.8 Å². The van der Waals surface area contributed by atoms with Crippen LogP contribution in [0.3, 0.4) is 0 Å². The number of carbonyl (C=O) groups is 4. The molecule has 0 radical (unpaired) electrons. The van der Waals surface area contributed by atoms with Gasteiger partial charge in [-0.1, -0.05) is 0 Å². The van der Waals surface area contributed by atoms with E-state index in [2.05, 4.69) is 25.9 Å². The Labute approximate surface area is 291 Å². The van der Waals surface area contributed by atoms with E-state index < -0.39 is 65.3 Å². The van der Waals surface area contributed by atoms with E-state index in [9.17, 15) is 37.5 Å². The van der Waals surface area contributed by atoms with Crippen LogP contribution in [0.1, 0.15) is 31.6 Å². The van der Waals surface area contributed by atoms with Crippen LogP contribution < -0.4 is 16.0 Å². The third-order valence-electron chi connectivity index (χ3n) is 8.91. The summed E-state index contributed by atoms with van der Waals surface area (Å²) >= 11 is 0. The molecule has 18 heteroatoms. The first-order valence-corrected chi connectivity index (χ1v) is 16.7. The molecule has 1 aromatic heterocycles. The van der Waals surface area contributed by atoms with Crippen molar-refractivity contribution in [3.05, 3.63) is 54.0 Å². The molecule has 1 aromatic carbocycles. The molecule has 0 spiro atoms. The Morgan fingerprint density at radius 1 is 1.18 bits per heavy atom. The van der Waals surface area contributed by atoms with Gasteiger partial charge in [-0.2, -0.15) is 0 Å². The molecule has 0 unspecified atom stereocenters. The van der Waals surface area contributed by atoms with Crippen LogP contribution in [0.25, 0.3) is 11.3 Å². The molecule has 2 saturated heterocycles. The van der Waals surface area contributed by atoms with Gasteiger partial charge in [-0.3, -0.25) is 14.5 Å². The fraction of sp³-hybridized carbons (Fsp3) is 0.545. The van der Waals surface area contributed by atoms with Gasteiger partial charge in [0, 0.05) is 75.9 Å². The molecule has 2 aromatic rings. The van der Waals surface area contributed by atoms with Gasteiger partial charge in [0.1, 0.15) is 36.3 Å². The third kappa shape index (κ3) is 9.63. The van der Waals surface area contributed by atoms with Gasteiger partial charge in [-0.25, -0.2) is 27.7 Å². The van der Waals surface area contributed by atoms with E-state index in [-0.39, 0.29) is 95.7 Å². The molecule has 3 aliphatic rings. The number of nitrogens with one attached hydrogen (secondary N) is 4. The molecule has 278 valence electrons. The van der Waals surface area contributed by atoms with E-state index in [0.717, 1.165) is 23.1 Å². The van der Waals surface area contributed by atoms with Crippen molar-refractivity contribution in [2.45, 2.75) is 43.6 Å². The lowest BCUT2D eigenvalue weighted by Gasteiger charge is -2.44. The van der Waals surface area contributed by atoms with E-state index in [1.807, 2.05) is 0 Å². The summed E-state index contributed by atoms with van der Waals surface area (Å²) in [5.74, 6) is -2.78. The molecule has 4 atom stereocenters. The zero-order valence-corrected chi connectivity index (χ0v) is 28.0. The fourth-order valence-corrected chi connectivity index (χ4v) is 6.17. The molecule has 4 heterocycles. The second kappa shape index (κ2) is 17.1. The minimum absolute atomic E-state index is 0.0714. The van der Waals surface area contributed by atoms with Crippen molar-refractivity contribution in [1.82, 2.24) is 35.7 Å². The second-order valence-corrected chi connectivity index (χ2v) is 12.7. The topological polar surface area (TPSA) is 187 Å². The molecule has 5 N–H and O–H groups in total. The molecule has 0 bridgehead atoms. The zero-order valence-electron chi connectivity index (χ0n) is 28.0. The Morgan fingerprint density at radius 3 is 2.63 bits per heavy atom. The number of hydrogen-bond donors (Lipinski definition) is 5. The Balaban J connectivity index is 1.23. The minimum atomic E-state index is -1.60. The predicted octanol–water partition coefficient (Wildman–Crippen LogP) is 1.56. The van der Waals surface area contributed by atoms with Crippen LogP contribution in [-0.4, -0.2) is 132 Å². The fourth-order valence-electron chi connectivity index (χ4n) is 6.17. The highest BCUT2D eigenvalue weighted by Gasteiger charge is 2.47. The number of nitrogens with zero attached hydrogens (tertiary/aromatic N) is 3. The number of amides is 5. The summed E-state index contributed by atoms with van der Waals surface area (Å²) in [5.41, 5.74) is -1.59. The molecule has 5 rings (SSSR count). The van der Waals surface area contributed by atoms with Crippen molar-refractivity contribution in [3.8, 4) is 11.3 Å². The standard InChI is InChI=1S/C33H42F3N7O8/c1-20(19-51-32(47)38-8-12-50-13-9-42-27(44)4-5-28(42)45)40-31(46)43(18-21-15-37-16-25(21)36)29(33(48)6-10-49-11-7-33)30-39-17-26(41-30)23-14-22(34)2-3-24(23)35/h2-5,14,17,20-21,25,29,37,48H,6-13,15-16,18-19H2,1H3,(H,38,47)(H,39,41)(H,40,46)/t20-,21-,25-,29-/m0/s1. The van der Waals surface area contributed by atoms with E-state index >= 15 is 0 Å². The number of benzene rings is 1. The minimum Gasteiger partial charge on any atom is -0.447 e. The Kier molecular flexibility index (Phi) is 12.7. The summed E-state index contributed by atoms with van der Waals surface area (Å²) < 4.78 is 59.8.